The quantitative estimate of drug-likeness (QED) is 0.216. The molecule has 4 nitrogen and oxygen atoms in total. The molecular weight excluding hydrogens is 304 g/mol. The van der Waals surface area contributed by atoms with Gasteiger partial charge in [-0.15, -0.1) is 0 Å². The molecule has 0 aliphatic carbocycles. The molecule has 0 atom stereocenters. The number of allylic oxidation sites excluding steroid dienone is 1. The van der Waals surface area contributed by atoms with Crippen LogP contribution in [0.3, 0.4) is 0 Å². The first-order valence-corrected chi connectivity index (χ1v) is 9.66. The summed E-state index contributed by atoms with van der Waals surface area (Å²) in [5.41, 5.74) is 0. The van der Waals surface area contributed by atoms with Gasteiger partial charge in [-0.3, -0.25) is 9.59 Å². The van der Waals surface area contributed by atoms with Crippen LogP contribution >= 0.6 is 0 Å². The van der Waals surface area contributed by atoms with Gasteiger partial charge in [0.2, 0.25) is 0 Å². The van der Waals surface area contributed by atoms with Crippen molar-refractivity contribution in [2.75, 3.05) is 13.2 Å². The van der Waals surface area contributed by atoms with Crippen LogP contribution in [-0.2, 0) is 19.1 Å². The van der Waals surface area contributed by atoms with E-state index in [1.54, 1.807) is 0 Å². The van der Waals surface area contributed by atoms with Crippen molar-refractivity contribution >= 4 is 11.9 Å². The second kappa shape index (κ2) is 18.0. The fourth-order valence-corrected chi connectivity index (χ4v) is 2.22. The molecule has 0 amide bonds. The van der Waals surface area contributed by atoms with Crippen LogP contribution in [0.1, 0.15) is 90.9 Å². The number of ether oxygens (including phenoxy) is 2. The third-order valence-electron chi connectivity index (χ3n) is 3.71. The highest BCUT2D eigenvalue weighted by Gasteiger charge is 2.06. The van der Waals surface area contributed by atoms with E-state index in [0.717, 1.165) is 25.7 Å². The summed E-state index contributed by atoms with van der Waals surface area (Å²) in [5, 5.41) is 0. The summed E-state index contributed by atoms with van der Waals surface area (Å²) in [6, 6.07) is 0. The monoisotopic (exact) mass is 340 g/mol. The van der Waals surface area contributed by atoms with E-state index < -0.39 is 0 Å². The number of carbonyl (C=O) groups excluding carboxylic acids is 2. The van der Waals surface area contributed by atoms with Crippen LogP contribution in [0.5, 0.6) is 0 Å². The van der Waals surface area contributed by atoms with E-state index in [0.29, 0.717) is 26.1 Å². The molecule has 0 N–H and O–H groups in total. The van der Waals surface area contributed by atoms with E-state index in [-0.39, 0.29) is 18.4 Å². The van der Waals surface area contributed by atoms with E-state index in [1.807, 2.05) is 0 Å². The Morgan fingerprint density at radius 2 is 1.25 bits per heavy atom. The molecule has 0 saturated heterocycles. The summed E-state index contributed by atoms with van der Waals surface area (Å²) in [5.74, 6) is -0.445. The zero-order chi connectivity index (χ0) is 17.9. The Kier molecular flexibility index (Phi) is 17.0. The largest absolute Gasteiger partial charge is 0.466 e. The Morgan fingerprint density at radius 3 is 1.92 bits per heavy atom. The molecule has 0 aliphatic rings. The van der Waals surface area contributed by atoms with E-state index in [4.69, 9.17) is 9.47 Å². The van der Waals surface area contributed by atoms with E-state index >= 15 is 0 Å². The van der Waals surface area contributed by atoms with Crippen molar-refractivity contribution < 1.29 is 19.1 Å². The van der Waals surface area contributed by atoms with E-state index in [1.165, 1.54) is 32.1 Å². The average Bonchev–Trinajstić information content (AvgIpc) is 2.57. The van der Waals surface area contributed by atoms with Crippen LogP contribution in [0.2, 0.25) is 0 Å². The highest BCUT2D eigenvalue weighted by Crippen LogP contribution is 2.04. The van der Waals surface area contributed by atoms with Gasteiger partial charge in [-0.2, -0.15) is 0 Å². The number of unbranched alkanes of at least 4 members (excludes halogenated alkanes) is 6. The number of carbonyl (C=O) groups is 2. The zero-order valence-corrected chi connectivity index (χ0v) is 15.7. The minimum atomic E-state index is -0.231. The Hall–Kier alpha value is -1.32. The molecule has 0 heterocycles. The molecular formula is C20H36O4. The van der Waals surface area contributed by atoms with Crippen LogP contribution < -0.4 is 0 Å². The van der Waals surface area contributed by atoms with Crippen molar-refractivity contribution in [3.05, 3.63) is 12.2 Å². The molecule has 0 fully saturated rings. The third-order valence-corrected chi connectivity index (χ3v) is 3.71. The number of hydrogen-bond acceptors (Lipinski definition) is 4. The first-order chi connectivity index (χ1) is 11.7. The maximum absolute atomic E-state index is 11.5. The maximum atomic E-state index is 11.5. The lowest BCUT2D eigenvalue weighted by Crippen LogP contribution is -2.09. The second-order valence-electron chi connectivity index (χ2n) is 6.11. The smallest absolute Gasteiger partial charge is 0.305 e. The van der Waals surface area contributed by atoms with Crippen molar-refractivity contribution in [2.45, 2.75) is 90.9 Å². The van der Waals surface area contributed by atoms with Crippen molar-refractivity contribution in [1.82, 2.24) is 0 Å². The minimum Gasteiger partial charge on any atom is -0.466 e. The van der Waals surface area contributed by atoms with Crippen LogP contribution in [-0.4, -0.2) is 25.2 Å². The summed E-state index contributed by atoms with van der Waals surface area (Å²) >= 11 is 0. The maximum Gasteiger partial charge on any atom is 0.305 e. The summed E-state index contributed by atoms with van der Waals surface area (Å²) in [6.07, 6.45) is 15.3. The zero-order valence-electron chi connectivity index (χ0n) is 15.7. The highest BCUT2D eigenvalue weighted by atomic mass is 16.5. The summed E-state index contributed by atoms with van der Waals surface area (Å²) in [6.45, 7) is 5.25. The normalized spacial score (nSPS) is 10.9. The van der Waals surface area contributed by atoms with Gasteiger partial charge in [0.05, 0.1) is 13.2 Å². The highest BCUT2D eigenvalue weighted by molar-refractivity contribution is 5.72. The lowest BCUT2D eigenvalue weighted by atomic mass is 10.2. The SMILES string of the molecule is CCCCC/C=C\CCOC(=O)CCCC(=O)OCCCCCC. The topological polar surface area (TPSA) is 52.6 Å². The number of rotatable bonds is 16. The van der Waals surface area contributed by atoms with E-state index in [9.17, 15) is 9.59 Å². The van der Waals surface area contributed by atoms with Gasteiger partial charge in [-0.25, -0.2) is 0 Å². The van der Waals surface area contributed by atoms with Crippen LogP contribution in [0.25, 0.3) is 0 Å². The van der Waals surface area contributed by atoms with Crippen LogP contribution in [0.15, 0.2) is 12.2 Å². The Bertz CT molecular complexity index is 337. The second-order valence-corrected chi connectivity index (χ2v) is 6.11. The molecule has 24 heavy (non-hydrogen) atoms. The van der Waals surface area contributed by atoms with Gasteiger partial charge in [-0.05, 0) is 32.1 Å². The fraction of sp³-hybridized carbons (Fsp3) is 0.800. The van der Waals surface area contributed by atoms with Crippen molar-refractivity contribution in [2.24, 2.45) is 0 Å². The molecule has 0 radical (unpaired) electrons. The standard InChI is InChI=1S/C20H36O4/c1-3-5-7-9-10-11-13-18-24-20(22)16-14-15-19(21)23-17-12-8-6-4-2/h10-11H,3-9,12-18H2,1-2H3/b11-10-. The Labute approximate surface area is 148 Å². The summed E-state index contributed by atoms with van der Waals surface area (Å²) < 4.78 is 10.3. The Morgan fingerprint density at radius 1 is 0.667 bits per heavy atom. The van der Waals surface area contributed by atoms with Crippen molar-refractivity contribution in [3.63, 3.8) is 0 Å². The van der Waals surface area contributed by atoms with Crippen LogP contribution in [0, 0.1) is 0 Å². The predicted octanol–water partition coefficient (Wildman–Crippen LogP) is 5.35. The molecule has 4 heteroatoms. The number of esters is 2. The van der Waals surface area contributed by atoms with Crippen molar-refractivity contribution in [1.29, 1.82) is 0 Å². The molecule has 0 aromatic heterocycles. The molecule has 0 unspecified atom stereocenters. The van der Waals surface area contributed by atoms with Gasteiger partial charge < -0.3 is 9.47 Å². The van der Waals surface area contributed by atoms with Gasteiger partial charge in [0, 0.05) is 12.8 Å². The molecule has 0 aliphatic heterocycles. The van der Waals surface area contributed by atoms with E-state index in [2.05, 4.69) is 26.0 Å². The molecule has 0 saturated carbocycles. The average molecular weight is 341 g/mol. The molecule has 0 rings (SSSR count). The Balaban J connectivity index is 3.41. The lowest BCUT2D eigenvalue weighted by Gasteiger charge is -2.05. The van der Waals surface area contributed by atoms with Gasteiger partial charge in [0.15, 0.2) is 0 Å². The number of hydrogen-bond donors (Lipinski definition) is 0. The van der Waals surface area contributed by atoms with Gasteiger partial charge in [-0.1, -0.05) is 58.1 Å². The lowest BCUT2D eigenvalue weighted by molar-refractivity contribution is -0.145. The van der Waals surface area contributed by atoms with Gasteiger partial charge >= 0.3 is 11.9 Å². The molecule has 0 aromatic carbocycles. The minimum absolute atomic E-state index is 0.214. The fourth-order valence-electron chi connectivity index (χ4n) is 2.22. The first-order valence-electron chi connectivity index (χ1n) is 9.66. The van der Waals surface area contributed by atoms with Gasteiger partial charge in [0.25, 0.3) is 0 Å². The molecule has 0 aromatic rings. The molecule has 0 spiro atoms. The third kappa shape index (κ3) is 17.0. The summed E-state index contributed by atoms with van der Waals surface area (Å²) in [7, 11) is 0. The molecule has 0 bridgehead atoms. The van der Waals surface area contributed by atoms with Crippen LogP contribution in [0.4, 0.5) is 0 Å². The first kappa shape index (κ1) is 22.7. The summed E-state index contributed by atoms with van der Waals surface area (Å²) in [4.78, 5) is 23.0. The predicted molar refractivity (Wildman–Crippen MR) is 97.8 cm³/mol. The van der Waals surface area contributed by atoms with Crippen molar-refractivity contribution in [3.8, 4) is 0 Å². The molecule has 140 valence electrons. The van der Waals surface area contributed by atoms with Gasteiger partial charge in [0.1, 0.15) is 0 Å².